The van der Waals surface area contributed by atoms with E-state index in [1.165, 1.54) is 30.6 Å². The van der Waals surface area contributed by atoms with E-state index in [1.807, 2.05) is 4.90 Å². The van der Waals surface area contributed by atoms with Crippen molar-refractivity contribution in [3.8, 4) is 0 Å². The highest BCUT2D eigenvalue weighted by atomic mass is 32.1. The van der Waals surface area contributed by atoms with Crippen molar-refractivity contribution in [3.05, 3.63) is 16.0 Å². The summed E-state index contributed by atoms with van der Waals surface area (Å²) in [7, 11) is 0. The lowest BCUT2D eigenvalue weighted by Gasteiger charge is -2.15. The molecule has 112 valence electrons. The average molecular weight is 294 g/mol. The number of rotatable bonds is 6. The minimum absolute atomic E-state index is 0.147. The van der Waals surface area contributed by atoms with Gasteiger partial charge in [0.1, 0.15) is 0 Å². The van der Waals surface area contributed by atoms with Crippen LogP contribution < -0.4 is 5.73 Å². The number of anilines is 1. The largest absolute Gasteiger partial charge is 0.390 e. The van der Waals surface area contributed by atoms with Crippen molar-refractivity contribution in [2.75, 3.05) is 18.8 Å². The number of aryl methyl sites for hydroxylation is 1. The average Bonchev–Trinajstić information content (AvgIpc) is 3.04. The van der Waals surface area contributed by atoms with Gasteiger partial charge in [-0.05, 0) is 38.2 Å². The number of unbranched alkanes of at least 4 members (excludes halogenated alkanes) is 3. The third kappa shape index (κ3) is 3.35. The summed E-state index contributed by atoms with van der Waals surface area (Å²) < 4.78 is 0. The fraction of sp³-hybridized carbons (Fsp3) is 0.688. The Balaban J connectivity index is 2.05. The Kier molecular flexibility index (Phi) is 5.46. The van der Waals surface area contributed by atoms with Gasteiger partial charge in [-0.15, -0.1) is 11.3 Å². The molecule has 0 spiro atoms. The number of nitrogens with zero attached hydrogens (tertiary/aromatic N) is 1. The third-order valence-electron chi connectivity index (χ3n) is 4.14. The van der Waals surface area contributed by atoms with Crippen molar-refractivity contribution in [1.29, 1.82) is 0 Å². The highest BCUT2D eigenvalue weighted by Gasteiger charge is 2.25. The molecule has 0 unspecified atom stereocenters. The molecule has 1 saturated heterocycles. The maximum absolute atomic E-state index is 12.5. The van der Waals surface area contributed by atoms with E-state index >= 15 is 0 Å². The number of likely N-dealkylation sites (tertiary alicyclic amines) is 1. The second kappa shape index (κ2) is 7.11. The topological polar surface area (TPSA) is 46.3 Å². The summed E-state index contributed by atoms with van der Waals surface area (Å²) in [6.07, 6.45) is 8.32. The van der Waals surface area contributed by atoms with E-state index in [0.29, 0.717) is 5.00 Å². The lowest BCUT2D eigenvalue weighted by Crippen LogP contribution is -2.28. The van der Waals surface area contributed by atoms with Crippen molar-refractivity contribution in [2.24, 2.45) is 0 Å². The molecule has 0 aromatic carbocycles. The maximum Gasteiger partial charge on any atom is 0.257 e. The van der Waals surface area contributed by atoms with Gasteiger partial charge in [-0.3, -0.25) is 4.79 Å². The Morgan fingerprint density at radius 2 is 1.95 bits per heavy atom. The fourth-order valence-electron chi connectivity index (χ4n) is 2.88. The van der Waals surface area contributed by atoms with Gasteiger partial charge >= 0.3 is 0 Å². The van der Waals surface area contributed by atoms with Gasteiger partial charge in [0.25, 0.3) is 5.91 Å². The SMILES string of the molecule is CCCCCCc1sc(N)c(C(=O)N2CCCC2)c1C. The van der Waals surface area contributed by atoms with E-state index < -0.39 is 0 Å². The molecule has 20 heavy (non-hydrogen) atoms. The van der Waals surface area contributed by atoms with Gasteiger partial charge < -0.3 is 10.6 Å². The minimum Gasteiger partial charge on any atom is -0.390 e. The molecule has 3 nitrogen and oxygen atoms in total. The zero-order chi connectivity index (χ0) is 14.5. The number of nitrogen functional groups attached to an aromatic ring is 1. The van der Waals surface area contributed by atoms with Gasteiger partial charge in [-0.2, -0.15) is 0 Å². The number of nitrogens with two attached hydrogens (primary N) is 1. The predicted molar refractivity (Wildman–Crippen MR) is 86.5 cm³/mol. The van der Waals surface area contributed by atoms with Gasteiger partial charge in [-0.1, -0.05) is 26.2 Å². The monoisotopic (exact) mass is 294 g/mol. The van der Waals surface area contributed by atoms with Crippen LogP contribution in [0.4, 0.5) is 5.00 Å². The van der Waals surface area contributed by atoms with Crippen LogP contribution in [0.25, 0.3) is 0 Å². The van der Waals surface area contributed by atoms with Gasteiger partial charge in [-0.25, -0.2) is 0 Å². The van der Waals surface area contributed by atoms with E-state index in [9.17, 15) is 4.79 Å². The Bertz CT molecular complexity index is 461. The molecule has 0 aliphatic carbocycles. The van der Waals surface area contributed by atoms with E-state index in [-0.39, 0.29) is 5.91 Å². The van der Waals surface area contributed by atoms with Crippen LogP contribution in [-0.4, -0.2) is 23.9 Å². The second-order valence-electron chi connectivity index (χ2n) is 5.70. The first-order valence-corrected chi connectivity index (χ1v) is 8.63. The number of carbonyl (C=O) groups is 1. The van der Waals surface area contributed by atoms with E-state index in [0.717, 1.165) is 43.5 Å². The quantitative estimate of drug-likeness (QED) is 0.806. The molecule has 0 atom stereocenters. The number of amides is 1. The molecule has 2 N–H and O–H groups in total. The summed E-state index contributed by atoms with van der Waals surface area (Å²) in [6, 6.07) is 0. The van der Waals surface area contributed by atoms with Crippen LogP contribution in [0.5, 0.6) is 0 Å². The van der Waals surface area contributed by atoms with Gasteiger partial charge in [0.2, 0.25) is 0 Å². The van der Waals surface area contributed by atoms with Gasteiger partial charge in [0, 0.05) is 18.0 Å². The van der Waals surface area contributed by atoms with Crippen LogP contribution in [-0.2, 0) is 6.42 Å². The molecule has 0 saturated carbocycles. The Morgan fingerprint density at radius 1 is 1.25 bits per heavy atom. The van der Waals surface area contributed by atoms with Crippen LogP contribution in [0.2, 0.25) is 0 Å². The Labute approximate surface area is 126 Å². The molecule has 1 amide bonds. The summed E-state index contributed by atoms with van der Waals surface area (Å²) in [5.74, 6) is 0.147. The smallest absolute Gasteiger partial charge is 0.257 e. The number of thiophene rings is 1. The standard InChI is InChI=1S/C16H26N2OS/c1-3-4-5-6-9-13-12(2)14(15(17)20-13)16(19)18-10-7-8-11-18/h3-11,17H2,1-2H3. The third-order valence-corrected chi connectivity index (χ3v) is 5.32. The molecule has 4 heteroatoms. The highest BCUT2D eigenvalue weighted by Crippen LogP contribution is 2.33. The summed E-state index contributed by atoms with van der Waals surface area (Å²) in [6.45, 7) is 6.06. The maximum atomic E-state index is 12.5. The lowest BCUT2D eigenvalue weighted by atomic mass is 10.1. The van der Waals surface area contributed by atoms with Gasteiger partial charge in [0.05, 0.1) is 10.6 Å². The summed E-state index contributed by atoms with van der Waals surface area (Å²) in [5.41, 5.74) is 8.02. The normalized spacial score (nSPS) is 15.0. The van der Waals surface area contributed by atoms with Crippen molar-refractivity contribution < 1.29 is 4.79 Å². The molecule has 1 fully saturated rings. The zero-order valence-electron chi connectivity index (χ0n) is 12.7. The van der Waals surface area contributed by atoms with Crippen LogP contribution in [0.3, 0.4) is 0 Å². The molecule has 1 aromatic heterocycles. The zero-order valence-corrected chi connectivity index (χ0v) is 13.5. The summed E-state index contributed by atoms with van der Waals surface area (Å²) >= 11 is 1.62. The van der Waals surface area contributed by atoms with Crippen molar-refractivity contribution >= 4 is 22.2 Å². The van der Waals surface area contributed by atoms with Gasteiger partial charge in [0.15, 0.2) is 0 Å². The van der Waals surface area contributed by atoms with Crippen LogP contribution in [0, 0.1) is 6.92 Å². The summed E-state index contributed by atoms with van der Waals surface area (Å²) in [4.78, 5) is 15.8. The predicted octanol–water partition coefficient (Wildman–Crippen LogP) is 4.00. The van der Waals surface area contributed by atoms with Crippen LogP contribution in [0.1, 0.15) is 66.2 Å². The fourth-order valence-corrected chi connectivity index (χ4v) is 3.99. The number of carbonyl (C=O) groups excluding carboxylic acids is 1. The molecule has 1 aliphatic rings. The number of hydrogen-bond acceptors (Lipinski definition) is 3. The highest BCUT2D eigenvalue weighted by molar-refractivity contribution is 7.16. The first-order valence-electron chi connectivity index (χ1n) is 7.82. The number of hydrogen-bond donors (Lipinski definition) is 1. The molecule has 1 aliphatic heterocycles. The molecule has 2 rings (SSSR count). The first kappa shape index (κ1) is 15.4. The van der Waals surface area contributed by atoms with Crippen molar-refractivity contribution in [2.45, 2.75) is 58.8 Å². The van der Waals surface area contributed by atoms with Crippen LogP contribution >= 0.6 is 11.3 Å². The minimum atomic E-state index is 0.147. The van der Waals surface area contributed by atoms with Crippen LogP contribution in [0.15, 0.2) is 0 Å². The first-order chi connectivity index (χ1) is 9.65. The molecule has 0 bridgehead atoms. The van der Waals surface area contributed by atoms with E-state index in [2.05, 4.69) is 13.8 Å². The molecular formula is C16H26N2OS. The lowest BCUT2D eigenvalue weighted by molar-refractivity contribution is 0.0793. The van der Waals surface area contributed by atoms with Crippen molar-refractivity contribution in [1.82, 2.24) is 4.90 Å². The Morgan fingerprint density at radius 3 is 2.60 bits per heavy atom. The van der Waals surface area contributed by atoms with E-state index in [4.69, 9.17) is 5.73 Å². The molecular weight excluding hydrogens is 268 g/mol. The molecule has 2 heterocycles. The Hall–Kier alpha value is -1.03. The second-order valence-corrected chi connectivity index (χ2v) is 6.84. The summed E-state index contributed by atoms with van der Waals surface area (Å²) in [5, 5.41) is 0.713. The van der Waals surface area contributed by atoms with Crippen molar-refractivity contribution in [3.63, 3.8) is 0 Å². The molecule has 0 radical (unpaired) electrons. The van der Waals surface area contributed by atoms with E-state index in [1.54, 1.807) is 11.3 Å². The molecule has 1 aromatic rings.